The molecular weight excluding hydrogens is 342 g/mol. The quantitative estimate of drug-likeness (QED) is 0.755. The number of hydrogen-bond donors (Lipinski definition) is 2. The zero-order chi connectivity index (χ0) is 19.3. The Morgan fingerprint density at radius 1 is 1.26 bits per heavy atom. The lowest BCUT2D eigenvalue weighted by atomic mass is 9.86. The molecule has 2 heterocycles. The van der Waals surface area contributed by atoms with E-state index in [4.69, 9.17) is 5.73 Å². The first-order chi connectivity index (χ1) is 13.0. The van der Waals surface area contributed by atoms with E-state index in [-0.39, 0.29) is 11.9 Å². The molecule has 7 heteroatoms. The van der Waals surface area contributed by atoms with Crippen molar-refractivity contribution in [2.75, 3.05) is 32.4 Å². The number of aromatic nitrogens is 2. The molecule has 1 aliphatic heterocycles. The van der Waals surface area contributed by atoms with E-state index in [0.717, 1.165) is 37.4 Å². The van der Waals surface area contributed by atoms with Crippen molar-refractivity contribution in [2.24, 2.45) is 5.92 Å². The topological polar surface area (TPSA) is 95.6 Å². The number of anilines is 1. The molecule has 2 aliphatic rings. The number of likely N-dealkylation sites (tertiary alicyclic amines) is 1. The summed E-state index contributed by atoms with van der Waals surface area (Å²) in [6, 6.07) is 0. The Labute approximate surface area is 162 Å². The predicted molar refractivity (Wildman–Crippen MR) is 105 cm³/mol. The Hall–Kier alpha value is -1.73. The van der Waals surface area contributed by atoms with Gasteiger partial charge >= 0.3 is 0 Å². The smallest absolute Gasteiger partial charge is 0.255 e. The number of piperidine rings is 1. The van der Waals surface area contributed by atoms with Crippen molar-refractivity contribution in [1.29, 1.82) is 0 Å². The maximum Gasteiger partial charge on any atom is 0.255 e. The third kappa shape index (κ3) is 5.39. The van der Waals surface area contributed by atoms with Crippen molar-refractivity contribution >= 4 is 11.9 Å². The highest BCUT2D eigenvalue weighted by Gasteiger charge is 2.42. The highest BCUT2D eigenvalue weighted by atomic mass is 16.3. The second kappa shape index (κ2) is 8.97. The van der Waals surface area contributed by atoms with Gasteiger partial charge in [0.1, 0.15) is 0 Å². The minimum absolute atomic E-state index is 0.107. The van der Waals surface area contributed by atoms with Crippen molar-refractivity contribution in [3.63, 3.8) is 0 Å². The maximum atomic E-state index is 13.0. The van der Waals surface area contributed by atoms with Crippen LogP contribution in [0.5, 0.6) is 0 Å². The average Bonchev–Trinajstić information content (AvgIpc) is 2.66. The van der Waals surface area contributed by atoms with Gasteiger partial charge in [-0.25, -0.2) is 9.97 Å². The Morgan fingerprint density at radius 2 is 1.96 bits per heavy atom. The molecule has 3 N–H and O–H groups in total. The molecule has 0 aromatic carbocycles. The number of nitrogens with two attached hydrogens (primary N) is 1. The first-order valence-electron chi connectivity index (χ1n) is 10.2. The summed E-state index contributed by atoms with van der Waals surface area (Å²) in [6.07, 6.45) is 12.4. The van der Waals surface area contributed by atoms with Crippen LogP contribution in [-0.2, 0) is 11.3 Å². The third-order valence-corrected chi connectivity index (χ3v) is 5.94. The number of carbonyl (C=O) groups excluding carboxylic acids is 1. The Kier molecular flexibility index (Phi) is 6.65. The molecule has 1 amide bonds. The summed E-state index contributed by atoms with van der Waals surface area (Å²) in [4.78, 5) is 24.8. The zero-order valence-electron chi connectivity index (χ0n) is 16.4. The number of amides is 1. The summed E-state index contributed by atoms with van der Waals surface area (Å²) in [7, 11) is 1.91. The molecule has 7 nitrogen and oxygen atoms in total. The number of carbonyl (C=O) groups is 1. The van der Waals surface area contributed by atoms with E-state index in [1.165, 1.54) is 32.1 Å². The largest absolute Gasteiger partial charge is 0.379 e. The van der Waals surface area contributed by atoms with Crippen molar-refractivity contribution < 1.29 is 9.90 Å². The summed E-state index contributed by atoms with van der Waals surface area (Å²) >= 11 is 0. The Morgan fingerprint density at radius 3 is 2.67 bits per heavy atom. The summed E-state index contributed by atoms with van der Waals surface area (Å²) in [5.74, 6) is 0.885. The number of aliphatic hydroxyl groups is 1. The molecule has 1 saturated carbocycles. The van der Waals surface area contributed by atoms with Crippen LogP contribution in [0.3, 0.4) is 0 Å². The molecule has 150 valence electrons. The van der Waals surface area contributed by atoms with Crippen molar-refractivity contribution in [1.82, 2.24) is 19.8 Å². The van der Waals surface area contributed by atoms with Crippen LogP contribution in [0.4, 0.5) is 5.95 Å². The second-order valence-corrected chi connectivity index (χ2v) is 8.34. The van der Waals surface area contributed by atoms with E-state index in [9.17, 15) is 9.90 Å². The lowest BCUT2D eigenvalue weighted by Gasteiger charge is -2.40. The molecule has 1 saturated heterocycles. The first kappa shape index (κ1) is 20.0. The monoisotopic (exact) mass is 375 g/mol. The maximum absolute atomic E-state index is 13.0. The fourth-order valence-corrected chi connectivity index (χ4v) is 4.50. The van der Waals surface area contributed by atoms with Crippen LogP contribution >= 0.6 is 0 Å². The van der Waals surface area contributed by atoms with Gasteiger partial charge in [-0.1, -0.05) is 32.1 Å². The molecule has 2 fully saturated rings. The molecular formula is C20H33N5O2. The molecule has 1 aliphatic carbocycles. The Bertz CT molecular complexity index is 617. The van der Waals surface area contributed by atoms with Gasteiger partial charge in [-0.05, 0) is 32.2 Å². The number of nitrogens with zero attached hydrogens (tertiary/aromatic N) is 4. The predicted octanol–water partition coefficient (Wildman–Crippen LogP) is 1.81. The van der Waals surface area contributed by atoms with Crippen LogP contribution in [0, 0.1) is 5.92 Å². The van der Waals surface area contributed by atoms with Gasteiger partial charge in [0, 0.05) is 44.1 Å². The van der Waals surface area contributed by atoms with Crippen molar-refractivity contribution in [2.45, 2.75) is 63.5 Å². The SMILES string of the molecule is CN(Cc1cnc(N)nc1)C[C@@]1(O)CCCN(CCC2CCCCC2)C1=O. The highest BCUT2D eigenvalue weighted by molar-refractivity contribution is 5.86. The Balaban J connectivity index is 1.53. The van der Waals surface area contributed by atoms with Gasteiger partial charge in [0.25, 0.3) is 5.91 Å². The third-order valence-electron chi connectivity index (χ3n) is 5.94. The highest BCUT2D eigenvalue weighted by Crippen LogP contribution is 2.29. The van der Waals surface area contributed by atoms with E-state index in [1.54, 1.807) is 12.4 Å². The summed E-state index contributed by atoms with van der Waals surface area (Å²) < 4.78 is 0. The number of hydrogen-bond acceptors (Lipinski definition) is 6. The van der Waals surface area contributed by atoms with Gasteiger partial charge in [-0.3, -0.25) is 9.69 Å². The minimum Gasteiger partial charge on any atom is -0.379 e. The molecule has 0 radical (unpaired) electrons. The van der Waals surface area contributed by atoms with Crippen LogP contribution < -0.4 is 5.73 Å². The normalized spacial score (nSPS) is 24.6. The van der Waals surface area contributed by atoms with Crippen LogP contribution in [0.25, 0.3) is 0 Å². The molecule has 3 rings (SSSR count). The van der Waals surface area contributed by atoms with Gasteiger partial charge < -0.3 is 15.7 Å². The van der Waals surface area contributed by atoms with E-state index >= 15 is 0 Å². The van der Waals surface area contributed by atoms with E-state index in [1.807, 2.05) is 16.8 Å². The second-order valence-electron chi connectivity index (χ2n) is 8.34. The van der Waals surface area contributed by atoms with Gasteiger partial charge in [0.05, 0.1) is 0 Å². The van der Waals surface area contributed by atoms with Crippen LogP contribution in [0.2, 0.25) is 0 Å². The number of likely N-dealkylation sites (N-methyl/N-ethyl adjacent to an activating group) is 1. The van der Waals surface area contributed by atoms with Gasteiger partial charge in [-0.2, -0.15) is 0 Å². The molecule has 27 heavy (non-hydrogen) atoms. The van der Waals surface area contributed by atoms with E-state index in [0.29, 0.717) is 19.5 Å². The van der Waals surface area contributed by atoms with Crippen LogP contribution in [-0.4, -0.2) is 63.1 Å². The fourth-order valence-electron chi connectivity index (χ4n) is 4.50. The molecule has 0 spiro atoms. The molecule has 1 atom stereocenters. The number of rotatable bonds is 7. The average molecular weight is 376 g/mol. The van der Waals surface area contributed by atoms with Crippen molar-refractivity contribution in [3.8, 4) is 0 Å². The number of nitrogen functional groups attached to an aromatic ring is 1. The van der Waals surface area contributed by atoms with Gasteiger partial charge in [0.2, 0.25) is 5.95 Å². The van der Waals surface area contributed by atoms with Crippen LogP contribution in [0.15, 0.2) is 12.4 Å². The summed E-state index contributed by atoms with van der Waals surface area (Å²) in [5.41, 5.74) is 5.13. The minimum atomic E-state index is -1.30. The first-order valence-corrected chi connectivity index (χ1v) is 10.2. The van der Waals surface area contributed by atoms with E-state index < -0.39 is 5.60 Å². The van der Waals surface area contributed by atoms with Crippen molar-refractivity contribution in [3.05, 3.63) is 18.0 Å². The molecule has 0 unspecified atom stereocenters. The van der Waals surface area contributed by atoms with Gasteiger partial charge in [-0.15, -0.1) is 0 Å². The molecule has 1 aromatic heterocycles. The molecule has 0 bridgehead atoms. The lowest BCUT2D eigenvalue weighted by molar-refractivity contribution is -0.159. The van der Waals surface area contributed by atoms with E-state index in [2.05, 4.69) is 9.97 Å². The summed E-state index contributed by atoms with van der Waals surface area (Å²) in [5, 5.41) is 11.1. The zero-order valence-corrected chi connectivity index (χ0v) is 16.4. The molecule has 1 aromatic rings. The fraction of sp³-hybridized carbons (Fsp3) is 0.750. The standard InChI is InChI=1S/C20H33N5O2/c1-24(14-17-12-22-19(21)23-13-17)15-20(27)9-5-10-25(18(20)26)11-8-16-6-3-2-4-7-16/h12-13,16,27H,2-11,14-15H2,1H3,(H2,21,22,23)/t20-/m0/s1. The summed E-state index contributed by atoms with van der Waals surface area (Å²) in [6.45, 7) is 2.43. The van der Waals surface area contributed by atoms with Crippen LogP contribution in [0.1, 0.15) is 56.9 Å². The van der Waals surface area contributed by atoms with Gasteiger partial charge in [0.15, 0.2) is 5.60 Å². The lowest BCUT2D eigenvalue weighted by Crippen LogP contribution is -2.58.